The van der Waals surface area contributed by atoms with E-state index < -0.39 is 0 Å². The van der Waals surface area contributed by atoms with Crippen molar-refractivity contribution in [1.29, 1.82) is 0 Å². The monoisotopic (exact) mass is 244 g/mol. The van der Waals surface area contributed by atoms with Crippen LogP contribution in [-0.2, 0) is 0 Å². The minimum absolute atomic E-state index is 0.312. The van der Waals surface area contributed by atoms with Crippen molar-refractivity contribution in [3.8, 4) is 0 Å². The second-order valence-corrected chi connectivity index (χ2v) is 6.15. The normalized spacial score (nSPS) is 13.2. The Bertz CT molecular complexity index is 233. The molecule has 1 rings (SSSR count). The fourth-order valence-electron chi connectivity index (χ4n) is 1.06. The molecule has 0 heterocycles. The summed E-state index contributed by atoms with van der Waals surface area (Å²) in [7, 11) is 0. The second-order valence-electron chi connectivity index (χ2n) is 3.40. The Labute approximate surface area is 86.3 Å². The molecule has 0 spiro atoms. The molecule has 1 nitrogen and oxygen atoms in total. The molecule has 0 radical (unpaired) electrons. The van der Waals surface area contributed by atoms with Crippen molar-refractivity contribution < 1.29 is 5.11 Å². The van der Waals surface area contributed by atoms with Crippen LogP contribution in [0.15, 0.2) is 30.3 Å². The Morgan fingerprint density at radius 3 is 2.31 bits per heavy atom. The summed E-state index contributed by atoms with van der Waals surface area (Å²) in [4.78, 5) is 0.454. The summed E-state index contributed by atoms with van der Waals surface area (Å²) in [6.45, 7) is 4.66. The molecule has 0 aromatic heterocycles. The van der Waals surface area contributed by atoms with E-state index in [2.05, 4.69) is 38.1 Å². The number of aliphatic hydroxyl groups is 1. The van der Waals surface area contributed by atoms with Gasteiger partial charge in [-0.1, -0.05) is 0 Å². The molecule has 1 aromatic rings. The predicted molar refractivity (Wildman–Crippen MR) is 57.5 cm³/mol. The molecule has 1 N–H and O–H groups in total. The van der Waals surface area contributed by atoms with E-state index in [9.17, 15) is 5.11 Å². The van der Waals surface area contributed by atoms with E-state index >= 15 is 0 Å². The Balaban J connectivity index is 2.57. The molecule has 2 heteroatoms. The molecule has 0 bridgehead atoms. The van der Waals surface area contributed by atoms with Crippen molar-refractivity contribution in [2.75, 3.05) is 6.61 Å². The fourth-order valence-corrected chi connectivity index (χ4v) is 3.18. The molecule has 0 unspecified atom stereocenters. The molecule has 0 aliphatic rings. The van der Waals surface area contributed by atoms with Gasteiger partial charge in [-0.25, -0.2) is 0 Å². The number of rotatable bonds is 4. The Morgan fingerprint density at radius 2 is 1.85 bits per heavy atom. The van der Waals surface area contributed by atoms with Crippen LogP contribution < -0.4 is 4.46 Å². The van der Waals surface area contributed by atoms with E-state index in [-0.39, 0.29) is 0 Å². The van der Waals surface area contributed by atoms with E-state index in [1.165, 1.54) is 4.46 Å². The van der Waals surface area contributed by atoms with Crippen LogP contribution in [0.25, 0.3) is 0 Å². The molecular weight excluding hydrogens is 227 g/mol. The Morgan fingerprint density at radius 1 is 1.23 bits per heavy atom. The topological polar surface area (TPSA) is 20.2 Å². The van der Waals surface area contributed by atoms with Gasteiger partial charge >= 0.3 is 86.0 Å². The van der Waals surface area contributed by atoms with Crippen molar-refractivity contribution >= 4 is 19.4 Å². The van der Waals surface area contributed by atoms with E-state index in [1.54, 1.807) is 0 Å². The van der Waals surface area contributed by atoms with Gasteiger partial charge in [-0.3, -0.25) is 0 Å². The van der Waals surface area contributed by atoms with Gasteiger partial charge in [0.2, 0.25) is 0 Å². The molecular formula is C11H16OSe. The molecule has 72 valence electrons. The average Bonchev–Trinajstić information content (AvgIpc) is 2.15. The van der Waals surface area contributed by atoms with Crippen LogP contribution in [0.4, 0.5) is 0 Å². The number of hydrogen-bond donors (Lipinski definition) is 1. The van der Waals surface area contributed by atoms with Crippen molar-refractivity contribution in [2.24, 2.45) is 5.92 Å². The third-order valence-corrected chi connectivity index (χ3v) is 5.19. The molecule has 0 saturated heterocycles. The first-order valence-electron chi connectivity index (χ1n) is 4.56. The Hall–Kier alpha value is -0.301. The molecule has 0 fully saturated rings. The maximum atomic E-state index is 9.17. The van der Waals surface area contributed by atoms with Crippen LogP contribution in [0.3, 0.4) is 0 Å². The Kier molecular flexibility index (Phi) is 4.51. The zero-order valence-corrected chi connectivity index (χ0v) is 9.82. The number of aliphatic hydroxyl groups excluding tert-OH is 1. The predicted octanol–water partition coefficient (Wildman–Crippen LogP) is 1.45. The van der Waals surface area contributed by atoms with E-state index in [4.69, 9.17) is 0 Å². The van der Waals surface area contributed by atoms with Crippen LogP contribution in [0, 0.1) is 5.92 Å². The van der Waals surface area contributed by atoms with E-state index in [0.717, 1.165) is 0 Å². The first-order valence-corrected chi connectivity index (χ1v) is 6.41. The van der Waals surface area contributed by atoms with Gasteiger partial charge in [-0.2, -0.15) is 0 Å². The maximum absolute atomic E-state index is 9.17. The molecule has 1 aromatic carbocycles. The van der Waals surface area contributed by atoms with Crippen LogP contribution >= 0.6 is 0 Å². The summed E-state index contributed by atoms with van der Waals surface area (Å²) in [5, 5.41) is 9.17. The van der Waals surface area contributed by atoms with Gasteiger partial charge in [-0.15, -0.1) is 0 Å². The standard InChI is InChI=1S/C11H16OSe/c1-9(2)11(8-12)13-10-6-4-3-5-7-10/h3-7,9,11-12H,8H2,1-2H3/t11-/m1/s1. The molecule has 0 aliphatic heterocycles. The molecule has 0 amide bonds. The summed E-state index contributed by atoms with van der Waals surface area (Å²) < 4.78 is 1.38. The van der Waals surface area contributed by atoms with E-state index in [1.807, 2.05) is 6.07 Å². The van der Waals surface area contributed by atoms with Crippen LogP contribution in [0.5, 0.6) is 0 Å². The summed E-state index contributed by atoms with van der Waals surface area (Å²) in [5.74, 6) is 0.574. The van der Waals surface area contributed by atoms with Crippen LogP contribution in [-0.4, -0.2) is 26.7 Å². The third kappa shape index (κ3) is 3.51. The van der Waals surface area contributed by atoms with Gasteiger partial charge in [0.25, 0.3) is 0 Å². The average molecular weight is 243 g/mol. The fraction of sp³-hybridized carbons (Fsp3) is 0.455. The molecule has 0 aliphatic carbocycles. The van der Waals surface area contributed by atoms with Crippen molar-refractivity contribution in [2.45, 2.75) is 18.7 Å². The summed E-state index contributed by atoms with van der Waals surface area (Å²) in [5.41, 5.74) is 0. The first-order chi connectivity index (χ1) is 6.24. The molecule has 0 saturated carbocycles. The SMILES string of the molecule is CC(C)[C@@H](CO)[Se]c1ccccc1. The summed E-state index contributed by atoms with van der Waals surface area (Å²) in [6.07, 6.45) is 0. The second kappa shape index (κ2) is 5.43. The third-order valence-electron chi connectivity index (χ3n) is 1.95. The van der Waals surface area contributed by atoms with Gasteiger partial charge in [0.1, 0.15) is 0 Å². The van der Waals surface area contributed by atoms with Crippen molar-refractivity contribution in [3.05, 3.63) is 30.3 Å². The molecule has 1 atom stereocenters. The minimum atomic E-state index is 0.312. The van der Waals surface area contributed by atoms with Gasteiger partial charge in [0, 0.05) is 0 Å². The van der Waals surface area contributed by atoms with Gasteiger partial charge in [0.05, 0.1) is 0 Å². The summed E-state index contributed by atoms with van der Waals surface area (Å²) in [6, 6.07) is 10.4. The zero-order chi connectivity index (χ0) is 9.68. The van der Waals surface area contributed by atoms with Gasteiger partial charge in [-0.05, 0) is 0 Å². The van der Waals surface area contributed by atoms with Crippen LogP contribution in [0.2, 0.25) is 4.82 Å². The van der Waals surface area contributed by atoms with Crippen LogP contribution in [0.1, 0.15) is 13.8 Å². The van der Waals surface area contributed by atoms with Crippen molar-refractivity contribution in [3.63, 3.8) is 0 Å². The summed E-state index contributed by atoms with van der Waals surface area (Å²) >= 11 is 0.407. The zero-order valence-electron chi connectivity index (χ0n) is 8.10. The van der Waals surface area contributed by atoms with Gasteiger partial charge in [0.15, 0.2) is 0 Å². The van der Waals surface area contributed by atoms with Gasteiger partial charge < -0.3 is 0 Å². The molecule has 13 heavy (non-hydrogen) atoms. The van der Waals surface area contributed by atoms with Crippen molar-refractivity contribution in [1.82, 2.24) is 0 Å². The first kappa shape index (κ1) is 10.8. The number of benzene rings is 1. The van der Waals surface area contributed by atoms with E-state index in [0.29, 0.717) is 32.3 Å². The number of hydrogen-bond acceptors (Lipinski definition) is 1. The quantitative estimate of drug-likeness (QED) is 0.794.